The predicted molar refractivity (Wildman–Crippen MR) is 146 cm³/mol. The SMILES string of the molecule is CNC(=O)[C@@](C)(C(=O)NOC1CCCCO1)N(C)C(=O)c1ccc(C#Cc2ccc(COC3COC3)cc2)cc1. The monoisotopic (exact) mass is 549 g/mol. The topological polar surface area (TPSA) is 115 Å². The molecule has 212 valence electrons. The summed E-state index contributed by atoms with van der Waals surface area (Å²) in [4.78, 5) is 45.7. The van der Waals surface area contributed by atoms with E-state index in [1.165, 1.54) is 21.0 Å². The van der Waals surface area contributed by atoms with Crippen molar-refractivity contribution in [2.75, 3.05) is 33.9 Å². The number of benzene rings is 2. The van der Waals surface area contributed by atoms with Crippen LogP contribution in [0.1, 0.15) is 53.2 Å². The van der Waals surface area contributed by atoms with Crippen molar-refractivity contribution in [2.45, 2.75) is 50.7 Å². The van der Waals surface area contributed by atoms with Gasteiger partial charge in [-0.3, -0.25) is 14.4 Å². The van der Waals surface area contributed by atoms with Gasteiger partial charge in [0, 0.05) is 43.8 Å². The van der Waals surface area contributed by atoms with E-state index in [2.05, 4.69) is 22.6 Å². The van der Waals surface area contributed by atoms with Gasteiger partial charge in [0.05, 0.1) is 19.8 Å². The molecule has 4 rings (SSSR count). The highest BCUT2D eigenvalue weighted by Gasteiger charge is 2.47. The van der Waals surface area contributed by atoms with Crippen molar-refractivity contribution in [2.24, 2.45) is 0 Å². The van der Waals surface area contributed by atoms with E-state index in [9.17, 15) is 14.4 Å². The summed E-state index contributed by atoms with van der Waals surface area (Å²) in [5, 5.41) is 2.46. The summed E-state index contributed by atoms with van der Waals surface area (Å²) in [6.07, 6.45) is 2.04. The molecule has 2 N–H and O–H groups in total. The Bertz CT molecular complexity index is 1240. The summed E-state index contributed by atoms with van der Waals surface area (Å²) < 4.78 is 16.3. The second-order valence-electron chi connectivity index (χ2n) is 9.86. The number of hydrogen-bond donors (Lipinski definition) is 2. The van der Waals surface area contributed by atoms with Crippen LogP contribution in [0.5, 0.6) is 0 Å². The fourth-order valence-electron chi connectivity index (χ4n) is 4.12. The maximum atomic E-state index is 13.3. The Morgan fingerprint density at radius 1 is 1.00 bits per heavy atom. The smallest absolute Gasteiger partial charge is 0.279 e. The Labute approximate surface area is 234 Å². The molecule has 3 amide bonds. The number of carbonyl (C=O) groups is 3. The van der Waals surface area contributed by atoms with Gasteiger partial charge in [0.25, 0.3) is 17.7 Å². The molecule has 0 spiro atoms. The number of nitrogens with zero attached hydrogens (tertiary/aromatic N) is 1. The van der Waals surface area contributed by atoms with Gasteiger partial charge in [0.2, 0.25) is 0 Å². The maximum absolute atomic E-state index is 13.3. The quantitative estimate of drug-likeness (QED) is 0.280. The number of nitrogens with one attached hydrogen (secondary N) is 2. The zero-order valence-electron chi connectivity index (χ0n) is 23.0. The average Bonchev–Trinajstić information content (AvgIpc) is 2.97. The summed E-state index contributed by atoms with van der Waals surface area (Å²) in [5.74, 6) is 4.24. The van der Waals surface area contributed by atoms with Gasteiger partial charge in [-0.1, -0.05) is 24.0 Å². The van der Waals surface area contributed by atoms with Gasteiger partial charge >= 0.3 is 0 Å². The molecule has 2 aliphatic heterocycles. The number of rotatable bonds is 9. The van der Waals surface area contributed by atoms with E-state index in [1.54, 1.807) is 24.3 Å². The number of hydrogen-bond acceptors (Lipinski definition) is 7. The van der Waals surface area contributed by atoms with Gasteiger partial charge in [0.15, 0.2) is 11.8 Å². The van der Waals surface area contributed by atoms with E-state index in [0.29, 0.717) is 44.0 Å². The summed E-state index contributed by atoms with van der Waals surface area (Å²) in [6.45, 7) is 3.73. The van der Waals surface area contributed by atoms with E-state index in [-0.39, 0.29) is 6.10 Å². The van der Waals surface area contributed by atoms with Crippen LogP contribution in [0, 0.1) is 11.8 Å². The molecule has 2 aromatic carbocycles. The Morgan fingerprint density at radius 3 is 2.20 bits per heavy atom. The Morgan fingerprint density at radius 2 is 1.65 bits per heavy atom. The van der Waals surface area contributed by atoms with E-state index in [1.807, 2.05) is 24.3 Å². The number of ether oxygens (including phenoxy) is 3. The van der Waals surface area contributed by atoms with Crippen LogP contribution in [0.25, 0.3) is 0 Å². The van der Waals surface area contributed by atoms with Crippen LogP contribution in [0.2, 0.25) is 0 Å². The molecule has 2 heterocycles. The first-order chi connectivity index (χ1) is 19.3. The van der Waals surface area contributed by atoms with Crippen LogP contribution in [-0.2, 0) is 35.2 Å². The van der Waals surface area contributed by atoms with Crippen LogP contribution in [0.3, 0.4) is 0 Å². The minimum atomic E-state index is -1.87. The zero-order valence-corrected chi connectivity index (χ0v) is 23.0. The van der Waals surface area contributed by atoms with Crippen molar-refractivity contribution in [3.05, 3.63) is 70.8 Å². The lowest BCUT2D eigenvalue weighted by molar-refractivity contribution is -0.204. The highest BCUT2D eigenvalue weighted by Crippen LogP contribution is 2.20. The van der Waals surface area contributed by atoms with E-state index in [4.69, 9.17) is 19.0 Å². The molecular weight excluding hydrogens is 514 g/mol. The van der Waals surface area contributed by atoms with Crippen molar-refractivity contribution in [1.29, 1.82) is 0 Å². The van der Waals surface area contributed by atoms with Crippen molar-refractivity contribution >= 4 is 17.7 Å². The normalized spacial score (nSPS) is 18.3. The third kappa shape index (κ3) is 7.06. The summed E-state index contributed by atoms with van der Waals surface area (Å²) in [7, 11) is 2.80. The summed E-state index contributed by atoms with van der Waals surface area (Å²) >= 11 is 0. The first-order valence-corrected chi connectivity index (χ1v) is 13.3. The van der Waals surface area contributed by atoms with Gasteiger partial charge in [-0.05, 0) is 61.7 Å². The molecule has 0 radical (unpaired) electrons. The Balaban J connectivity index is 1.38. The molecule has 10 nitrogen and oxygen atoms in total. The van der Waals surface area contributed by atoms with Crippen LogP contribution in [0.15, 0.2) is 48.5 Å². The van der Waals surface area contributed by atoms with Crippen molar-refractivity contribution in [3.63, 3.8) is 0 Å². The van der Waals surface area contributed by atoms with E-state index in [0.717, 1.165) is 28.9 Å². The van der Waals surface area contributed by atoms with Gasteiger partial charge in [-0.2, -0.15) is 0 Å². The highest BCUT2D eigenvalue weighted by molar-refractivity contribution is 6.12. The number of hydroxylamine groups is 1. The molecule has 0 aliphatic carbocycles. The average molecular weight is 550 g/mol. The molecule has 40 heavy (non-hydrogen) atoms. The van der Waals surface area contributed by atoms with Crippen molar-refractivity contribution < 1.29 is 33.4 Å². The summed E-state index contributed by atoms with van der Waals surface area (Å²) in [6, 6.07) is 14.5. The number of likely N-dealkylation sites (N-methyl/N-ethyl adjacent to an activating group) is 2. The Hall–Kier alpha value is -3.75. The minimum Gasteiger partial charge on any atom is -0.376 e. The predicted octanol–water partition coefficient (Wildman–Crippen LogP) is 2.15. The second-order valence-corrected chi connectivity index (χ2v) is 9.86. The lowest BCUT2D eigenvalue weighted by atomic mass is 9.96. The molecule has 2 aliphatic rings. The zero-order chi connectivity index (χ0) is 28.5. The van der Waals surface area contributed by atoms with Gasteiger partial charge in [-0.15, -0.1) is 0 Å². The third-order valence-electron chi connectivity index (χ3n) is 7.04. The van der Waals surface area contributed by atoms with Crippen LogP contribution < -0.4 is 10.8 Å². The highest BCUT2D eigenvalue weighted by atomic mass is 16.8. The first-order valence-electron chi connectivity index (χ1n) is 13.3. The first kappa shape index (κ1) is 29.2. The van der Waals surface area contributed by atoms with Crippen LogP contribution >= 0.6 is 0 Å². The molecule has 2 atom stereocenters. The standard InChI is InChI=1S/C30H35N3O7/c1-30(28(35)31-2,29(36)32-40-26-6-4-5-17-38-26)33(3)27(34)24-15-13-22(14-16-24)8-7-21-9-11-23(12-10-21)18-39-25-19-37-20-25/h9-16,25-26H,4-6,17-20H2,1-3H3,(H,31,35)(H,32,36)/t26?,30-/m0/s1. The van der Waals surface area contributed by atoms with Gasteiger partial charge in [-0.25, -0.2) is 10.3 Å². The number of amides is 3. The molecule has 10 heteroatoms. The van der Waals surface area contributed by atoms with Gasteiger partial charge in [0.1, 0.15) is 6.10 Å². The lowest BCUT2D eigenvalue weighted by Crippen LogP contribution is -2.65. The second kappa shape index (κ2) is 13.5. The molecule has 2 aromatic rings. The fourth-order valence-corrected chi connectivity index (χ4v) is 4.12. The molecule has 0 aromatic heterocycles. The van der Waals surface area contributed by atoms with Crippen molar-refractivity contribution in [3.8, 4) is 11.8 Å². The van der Waals surface area contributed by atoms with Crippen LogP contribution in [-0.4, -0.2) is 74.5 Å². The Kier molecular flexibility index (Phi) is 9.90. The molecule has 0 bridgehead atoms. The molecule has 0 saturated carbocycles. The van der Waals surface area contributed by atoms with Crippen LogP contribution in [0.4, 0.5) is 0 Å². The summed E-state index contributed by atoms with van der Waals surface area (Å²) in [5.41, 5.74) is 3.36. The molecule has 2 saturated heterocycles. The molecular formula is C30H35N3O7. The molecule has 1 unspecified atom stereocenters. The third-order valence-corrected chi connectivity index (χ3v) is 7.04. The van der Waals surface area contributed by atoms with Gasteiger partial charge < -0.3 is 24.4 Å². The number of carbonyl (C=O) groups excluding carboxylic acids is 3. The van der Waals surface area contributed by atoms with E-state index >= 15 is 0 Å². The van der Waals surface area contributed by atoms with E-state index < -0.39 is 29.6 Å². The minimum absolute atomic E-state index is 0.180. The molecule has 2 fully saturated rings. The largest absolute Gasteiger partial charge is 0.376 e. The fraction of sp³-hybridized carbons (Fsp3) is 0.433. The van der Waals surface area contributed by atoms with Crippen molar-refractivity contribution in [1.82, 2.24) is 15.7 Å². The lowest BCUT2D eigenvalue weighted by Gasteiger charge is -2.36. The maximum Gasteiger partial charge on any atom is 0.279 e.